The largest absolute Gasteiger partial charge is 0.419 e. The van der Waals surface area contributed by atoms with Gasteiger partial charge in [-0.25, -0.2) is 9.78 Å². The van der Waals surface area contributed by atoms with E-state index in [9.17, 15) is 18.0 Å². The Hall–Kier alpha value is -3.34. The van der Waals surface area contributed by atoms with Crippen LogP contribution in [0.2, 0.25) is 5.02 Å². The number of nitrogens with two attached hydrogens (primary N) is 1. The average molecular weight is 492 g/mol. The Bertz CT molecular complexity index is 1270. The zero-order chi connectivity index (χ0) is 24.3. The summed E-state index contributed by atoms with van der Waals surface area (Å²) in [6.07, 6.45) is 0.647. The summed E-state index contributed by atoms with van der Waals surface area (Å²) in [5.74, 6) is -0.567. The first-order chi connectivity index (χ1) is 16.1. The van der Waals surface area contributed by atoms with Crippen LogP contribution in [0.3, 0.4) is 0 Å². The lowest BCUT2D eigenvalue weighted by molar-refractivity contribution is -0.137. The highest BCUT2D eigenvalue weighted by atomic mass is 35.5. The molecule has 3 N–H and O–H groups in total. The number of pyridine rings is 2. The number of aryl methyl sites for hydroxylation is 1. The van der Waals surface area contributed by atoms with Gasteiger partial charge in [0.2, 0.25) is 0 Å². The third-order valence-electron chi connectivity index (χ3n) is 6.53. The van der Waals surface area contributed by atoms with Crippen LogP contribution in [0.15, 0.2) is 36.8 Å². The van der Waals surface area contributed by atoms with E-state index < -0.39 is 17.6 Å². The minimum absolute atomic E-state index is 0.207. The molecule has 2 amide bonds. The molecular formula is C22H21ClF3N7O. The predicted molar refractivity (Wildman–Crippen MR) is 119 cm³/mol. The summed E-state index contributed by atoms with van der Waals surface area (Å²) in [6.45, 7) is 3.47. The number of nitrogen functional groups attached to an aromatic ring is 1. The van der Waals surface area contributed by atoms with Crippen molar-refractivity contribution < 1.29 is 18.0 Å². The number of carbonyl (C=O) groups is 1. The van der Waals surface area contributed by atoms with Crippen LogP contribution in [-0.4, -0.2) is 43.8 Å². The van der Waals surface area contributed by atoms with Gasteiger partial charge in [0.25, 0.3) is 0 Å². The van der Waals surface area contributed by atoms with E-state index in [2.05, 4.69) is 20.4 Å². The Morgan fingerprint density at radius 1 is 1.29 bits per heavy atom. The normalized spacial score (nSPS) is 17.4. The molecule has 1 atom stereocenters. The van der Waals surface area contributed by atoms with Gasteiger partial charge in [-0.3, -0.25) is 9.67 Å². The van der Waals surface area contributed by atoms with Gasteiger partial charge in [-0.15, -0.1) is 0 Å². The number of nitrogens with zero attached hydrogens (tertiary/aromatic N) is 5. The lowest BCUT2D eigenvalue weighted by Gasteiger charge is -2.47. The minimum Gasteiger partial charge on any atom is -0.383 e. The highest BCUT2D eigenvalue weighted by Gasteiger charge is 2.51. The molecule has 12 heteroatoms. The van der Waals surface area contributed by atoms with Gasteiger partial charge in [-0.1, -0.05) is 11.6 Å². The molecule has 34 heavy (non-hydrogen) atoms. The number of fused-ring (bicyclic) bond motifs is 2. The number of hydrogen-bond donors (Lipinski definition) is 2. The number of carbonyl (C=O) groups excluding carboxylic acids is 1. The van der Waals surface area contributed by atoms with E-state index in [1.807, 2.05) is 6.92 Å². The third kappa shape index (κ3) is 3.73. The van der Waals surface area contributed by atoms with Gasteiger partial charge in [0.15, 0.2) is 0 Å². The molecule has 2 aliphatic heterocycles. The Morgan fingerprint density at radius 3 is 2.76 bits per heavy atom. The van der Waals surface area contributed by atoms with E-state index >= 15 is 0 Å². The van der Waals surface area contributed by atoms with Crippen LogP contribution in [0.5, 0.6) is 0 Å². The van der Waals surface area contributed by atoms with Crippen molar-refractivity contribution in [3.63, 3.8) is 0 Å². The van der Waals surface area contributed by atoms with E-state index in [0.717, 1.165) is 23.7 Å². The highest BCUT2D eigenvalue weighted by Crippen LogP contribution is 2.44. The maximum atomic E-state index is 13.2. The SMILES string of the molecule is CC(NC(=O)N1CC2(CCn3nc(-c4cnc(N)c(C(F)(F)F)c4)cc32)C1)c1ccncc1Cl. The van der Waals surface area contributed by atoms with Crippen LogP contribution in [0, 0.1) is 0 Å². The molecule has 0 radical (unpaired) electrons. The molecule has 5 rings (SSSR count). The van der Waals surface area contributed by atoms with Gasteiger partial charge < -0.3 is 16.0 Å². The fraction of sp³-hybridized carbons (Fsp3) is 0.364. The van der Waals surface area contributed by atoms with Gasteiger partial charge >= 0.3 is 12.2 Å². The molecule has 2 aliphatic rings. The smallest absolute Gasteiger partial charge is 0.383 e. The molecule has 0 aromatic carbocycles. The zero-order valence-electron chi connectivity index (χ0n) is 18.1. The fourth-order valence-corrected chi connectivity index (χ4v) is 4.97. The number of likely N-dealkylation sites (tertiary alicyclic amines) is 1. The fourth-order valence-electron chi connectivity index (χ4n) is 4.69. The second-order valence-electron chi connectivity index (χ2n) is 8.75. The van der Waals surface area contributed by atoms with Gasteiger partial charge in [0, 0.05) is 54.9 Å². The summed E-state index contributed by atoms with van der Waals surface area (Å²) < 4.78 is 41.5. The molecule has 1 fully saturated rings. The van der Waals surface area contributed by atoms with Crippen LogP contribution < -0.4 is 11.1 Å². The number of urea groups is 1. The van der Waals surface area contributed by atoms with E-state index in [-0.39, 0.29) is 23.1 Å². The molecule has 8 nitrogen and oxygen atoms in total. The maximum absolute atomic E-state index is 13.2. The van der Waals surface area contributed by atoms with Crippen molar-refractivity contribution in [2.45, 2.75) is 37.5 Å². The number of alkyl halides is 3. The molecule has 1 unspecified atom stereocenters. The number of rotatable bonds is 3. The summed E-state index contributed by atoms with van der Waals surface area (Å²) in [5.41, 5.74) is 6.49. The van der Waals surface area contributed by atoms with E-state index in [0.29, 0.717) is 30.4 Å². The van der Waals surface area contributed by atoms with Gasteiger partial charge in [0.1, 0.15) is 5.82 Å². The van der Waals surface area contributed by atoms with Crippen molar-refractivity contribution in [3.8, 4) is 11.3 Å². The standard InChI is InChI=1S/C22H21ClF3N7O/c1-12(14-2-4-28-9-16(14)23)30-20(34)32-10-21(11-32)3-5-33-18(21)7-17(31-33)13-6-15(22(24,25)26)19(27)29-8-13/h2,4,6-9,12H,3,5,10-11H2,1H3,(H2,27,29)(H,30,34). The summed E-state index contributed by atoms with van der Waals surface area (Å²) in [7, 11) is 0. The number of amides is 2. The number of nitrogens with one attached hydrogen (secondary N) is 1. The summed E-state index contributed by atoms with van der Waals surface area (Å²) in [6, 6.07) is 4.02. The second kappa shape index (κ2) is 7.86. The molecule has 0 bridgehead atoms. The molecular weight excluding hydrogens is 471 g/mol. The topological polar surface area (TPSA) is 102 Å². The molecule has 1 spiro atoms. The van der Waals surface area contributed by atoms with Gasteiger partial charge in [0.05, 0.1) is 22.3 Å². The number of anilines is 1. The summed E-state index contributed by atoms with van der Waals surface area (Å²) in [4.78, 5) is 22.1. The summed E-state index contributed by atoms with van der Waals surface area (Å²) in [5, 5.41) is 7.92. The van der Waals surface area contributed by atoms with Crippen LogP contribution in [0.4, 0.5) is 23.8 Å². The Morgan fingerprint density at radius 2 is 2.06 bits per heavy atom. The van der Waals surface area contributed by atoms with Crippen molar-refractivity contribution in [2.24, 2.45) is 0 Å². The average Bonchev–Trinajstić information content (AvgIpc) is 3.31. The second-order valence-corrected chi connectivity index (χ2v) is 9.15. The molecule has 3 aromatic heterocycles. The van der Waals surface area contributed by atoms with Crippen LogP contribution in [0.1, 0.15) is 36.2 Å². The lowest BCUT2D eigenvalue weighted by Crippen LogP contribution is -2.62. The molecule has 178 valence electrons. The van der Waals surface area contributed by atoms with Gasteiger partial charge in [-0.2, -0.15) is 18.3 Å². The molecule has 0 aliphatic carbocycles. The van der Waals surface area contributed by atoms with Crippen LogP contribution in [-0.2, 0) is 18.1 Å². The number of aromatic nitrogens is 4. The first-order valence-electron chi connectivity index (χ1n) is 10.6. The molecule has 0 saturated carbocycles. The predicted octanol–water partition coefficient (Wildman–Crippen LogP) is 4.02. The van der Waals surface area contributed by atoms with E-state index in [1.54, 1.807) is 27.9 Å². The molecule has 1 saturated heterocycles. The first-order valence-corrected chi connectivity index (χ1v) is 11.0. The lowest BCUT2D eigenvalue weighted by atomic mass is 9.76. The van der Waals surface area contributed by atoms with Crippen LogP contribution in [0.25, 0.3) is 11.3 Å². The minimum atomic E-state index is -4.60. The molecule has 3 aromatic rings. The first kappa shape index (κ1) is 22.5. The monoisotopic (exact) mass is 491 g/mol. The van der Waals surface area contributed by atoms with Crippen molar-refractivity contribution in [3.05, 3.63) is 58.6 Å². The number of hydrogen-bond acceptors (Lipinski definition) is 5. The van der Waals surface area contributed by atoms with Crippen LogP contribution >= 0.6 is 11.6 Å². The summed E-state index contributed by atoms with van der Waals surface area (Å²) >= 11 is 6.17. The highest BCUT2D eigenvalue weighted by molar-refractivity contribution is 6.31. The quantitative estimate of drug-likeness (QED) is 0.576. The Labute approximate surface area is 197 Å². The Balaban J connectivity index is 1.30. The van der Waals surface area contributed by atoms with Crippen molar-refractivity contribution in [1.82, 2.24) is 30.0 Å². The molecule has 5 heterocycles. The number of halogens is 4. The van der Waals surface area contributed by atoms with Crippen molar-refractivity contribution in [1.29, 1.82) is 0 Å². The Kier molecular flexibility index (Phi) is 5.19. The van der Waals surface area contributed by atoms with E-state index in [1.165, 1.54) is 12.4 Å². The zero-order valence-corrected chi connectivity index (χ0v) is 18.9. The third-order valence-corrected chi connectivity index (χ3v) is 6.85. The maximum Gasteiger partial charge on any atom is 0.419 e. The van der Waals surface area contributed by atoms with Crippen molar-refractivity contribution >= 4 is 23.4 Å². The van der Waals surface area contributed by atoms with E-state index in [4.69, 9.17) is 17.3 Å². The van der Waals surface area contributed by atoms with Gasteiger partial charge in [-0.05, 0) is 37.1 Å². The van der Waals surface area contributed by atoms with Crippen molar-refractivity contribution in [2.75, 3.05) is 18.8 Å².